The Kier molecular flexibility index (Phi) is 3.06. The minimum absolute atomic E-state index is 0.117. The predicted octanol–water partition coefficient (Wildman–Crippen LogP) is 4.70. The molecular weight excluding hydrogens is 274 g/mol. The quantitative estimate of drug-likeness (QED) is 0.665. The van der Waals surface area contributed by atoms with E-state index in [1.807, 2.05) is 31.2 Å². The molecule has 0 saturated carbocycles. The second kappa shape index (κ2) is 4.34. The summed E-state index contributed by atoms with van der Waals surface area (Å²) < 4.78 is 26.8. The highest BCUT2D eigenvalue weighted by Gasteiger charge is 2.13. The molecule has 0 radical (unpaired) electrons. The van der Waals surface area contributed by atoms with Gasteiger partial charge in [-0.25, -0.2) is 8.78 Å². The summed E-state index contributed by atoms with van der Waals surface area (Å²) in [5.74, 6) is -1.15. The number of hydrogen-bond acceptors (Lipinski definition) is 0. The van der Waals surface area contributed by atoms with E-state index in [9.17, 15) is 8.78 Å². The van der Waals surface area contributed by atoms with Crippen LogP contribution in [0.15, 0.2) is 40.9 Å². The molecule has 0 spiro atoms. The lowest BCUT2D eigenvalue weighted by molar-refractivity contribution is 0.574. The van der Waals surface area contributed by atoms with Crippen molar-refractivity contribution >= 4 is 15.9 Å². The highest BCUT2D eigenvalue weighted by molar-refractivity contribution is 9.10. The van der Waals surface area contributed by atoms with Crippen LogP contribution in [0.25, 0.3) is 11.1 Å². The molecule has 0 N–H and O–H groups in total. The Hall–Kier alpha value is -1.22. The maximum absolute atomic E-state index is 13.8. The van der Waals surface area contributed by atoms with Gasteiger partial charge in [-0.1, -0.05) is 24.3 Å². The summed E-state index contributed by atoms with van der Waals surface area (Å²) >= 11 is 2.90. The molecule has 0 aromatic heterocycles. The molecule has 0 heterocycles. The lowest BCUT2D eigenvalue weighted by Gasteiger charge is -2.08. The summed E-state index contributed by atoms with van der Waals surface area (Å²) in [7, 11) is 0. The maximum Gasteiger partial charge on any atom is 0.148 e. The van der Waals surface area contributed by atoms with Crippen LogP contribution in [0.4, 0.5) is 8.78 Å². The van der Waals surface area contributed by atoms with E-state index in [1.54, 1.807) is 0 Å². The zero-order valence-electron chi connectivity index (χ0n) is 8.60. The fourth-order valence-corrected chi connectivity index (χ4v) is 1.95. The number of benzene rings is 2. The molecule has 0 fully saturated rings. The zero-order chi connectivity index (χ0) is 11.7. The van der Waals surface area contributed by atoms with Gasteiger partial charge < -0.3 is 0 Å². The van der Waals surface area contributed by atoms with Gasteiger partial charge in [-0.15, -0.1) is 0 Å². The van der Waals surface area contributed by atoms with Crippen LogP contribution in [0.5, 0.6) is 0 Å². The molecule has 82 valence electrons. The van der Waals surface area contributed by atoms with Crippen molar-refractivity contribution in [1.29, 1.82) is 0 Å². The van der Waals surface area contributed by atoms with E-state index in [-0.39, 0.29) is 4.47 Å². The largest absolute Gasteiger partial charge is 0.206 e. The molecule has 0 aliphatic rings. The van der Waals surface area contributed by atoms with Gasteiger partial charge in [0, 0.05) is 5.56 Å². The van der Waals surface area contributed by atoms with Crippen LogP contribution in [0.3, 0.4) is 0 Å². The summed E-state index contributed by atoms with van der Waals surface area (Å²) in [6.07, 6.45) is 0. The molecule has 0 aliphatic carbocycles. The molecule has 0 saturated heterocycles. The van der Waals surface area contributed by atoms with Crippen LogP contribution in [-0.4, -0.2) is 0 Å². The molecule has 0 atom stereocenters. The van der Waals surface area contributed by atoms with Crippen molar-refractivity contribution < 1.29 is 8.78 Å². The number of aryl methyl sites for hydroxylation is 1. The summed E-state index contributed by atoms with van der Waals surface area (Å²) in [6.45, 7) is 1.89. The van der Waals surface area contributed by atoms with E-state index < -0.39 is 11.6 Å². The second-order valence-electron chi connectivity index (χ2n) is 3.54. The molecule has 0 amide bonds. The first kappa shape index (κ1) is 11.3. The van der Waals surface area contributed by atoms with Crippen molar-refractivity contribution in [3.63, 3.8) is 0 Å². The minimum atomic E-state index is -0.588. The highest BCUT2D eigenvalue weighted by atomic mass is 79.9. The Morgan fingerprint density at radius 1 is 0.938 bits per heavy atom. The normalized spacial score (nSPS) is 10.5. The van der Waals surface area contributed by atoms with Gasteiger partial charge in [0.05, 0.1) is 4.47 Å². The van der Waals surface area contributed by atoms with Crippen molar-refractivity contribution in [1.82, 2.24) is 0 Å². The lowest BCUT2D eigenvalue weighted by atomic mass is 10.0. The lowest BCUT2D eigenvalue weighted by Crippen LogP contribution is -1.91. The first-order valence-electron chi connectivity index (χ1n) is 4.80. The van der Waals surface area contributed by atoms with Gasteiger partial charge in [0.25, 0.3) is 0 Å². The van der Waals surface area contributed by atoms with Crippen LogP contribution in [0.1, 0.15) is 5.56 Å². The van der Waals surface area contributed by atoms with E-state index in [4.69, 9.17) is 0 Å². The molecule has 3 heteroatoms. The molecule has 16 heavy (non-hydrogen) atoms. The zero-order valence-corrected chi connectivity index (χ0v) is 10.2. The van der Waals surface area contributed by atoms with Crippen LogP contribution >= 0.6 is 15.9 Å². The Balaban J connectivity index is 2.66. The van der Waals surface area contributed by atoms with Crippen LogP contribution in [0, 0.1) is 18.6 Å². The Morgan fingerprint density at radius 2 is 1.62 bits per heavy atom. The third-order valence-electron chi connectivity index (χ3n) is 2.47. The molecule has 0 bridgehead atoms. The van der Waals surface area contributed by atoms with Crippen LogP contribution in [0.2, 0.25) is 0 Å². The van der Waals surface area contributed by atoms with E-state index in [0.29, 0.717) is 5.56 Å². The number of halogens is 3. The van der Waals surface area contributed by atoms with E-state index in [0.717, 1.165) is 11.1 Å². The monoisotopic (exact) mass is 282 g/mol. The SMILES string of the molecule is Cc1ccccc1-c1ccc(F)c(Br)c1F. The van der Waals surface area contributed by atoms with Crippen molar-refractivity contribution in [2.24, 2.45) is 0 Å². The van der Waals surface area contributed by atoms with Crippen molar-refractivity contribution in [3.8, 4) is 11.1 Å². The Labute approximate surface area is 101 Å². The van der Waals surface area contributed by atoms with Gasteiger partial charge in [0.15, 0.2) is 0 Å². The Morgan fingerprint density at radius 3 is 2.31 bits per heavy atom. The summed E-state index contributed by atoms with van der Waals surface area (Å²) in [5.41, 5.74) is 2.15. The molecule has 2 aromatic carbocycles. The van der Waals surface area contributed by atoms with Crippen molar-refractivity contribution in [2.75, 3.05) is 0 Å². The third-order valence-corrected chi connectivity index (χ3v) is 3.20. The molecule has 2 rings (SSSR count). The smallest absolute Gasteiger partial charge is 0.148 e. The first-order valence-corrected chi connectivity index (χ1v) is 5.60. The fraction of sp³-hybridized carbons (Fsp3) is 0.0769. The van der Waals surface area contributed by atoms with Gasteiger partial charge in [-0.2, -0.15) is 0 Å². The average Bonchev–Trinajstić information content (AvgIpc) is 2.28. The van der Waals surface area contributed by atoms with Gasteiger partial charge in [-0.05, 0) is 46.1 Å². The van der Waals surface area contributed by atoms with Crippen molar-refractivity contribution in [3.05, 3.63) is 58.1 Å². The van der Waals surface area contributed by atoms with Gasteiger partial charge in [-0.3, -0.25) is 0 Å². The van der Waals surface area contributed by atoms with Gasteiger partial charge in [0.2, 0.25) is 0 Å². The molecule has 0 unspecified atom stereocenters. The summed E-state index contributed by atoms with van der Waals surface area (Å²) in [5, 5.41) is 0. The molecule has 0 aliphatic heterocycles. The van der Waals surface area contributed by atoms with Crippen LogP contribution < -0.4 is 0 Å². The average molecular weight is 283 g/mol. The molecule has 0 nitrogen and oxygen atoms in total. The first-order chi connectivity index (χ1) is 7.61. The molecular formula is C13H9BrF2. The predicted molar refractivity (Wildman–Crippen MR) is 64.2 cm³/mol. The molecule has 2 aromatic rings. The van der Waals surface area contributed by atoms with Gasteiger partial charge >= 0.3 is 0 Å². The van der Waals surface area contributed by atoms with E-state index in [1.165, 1.54) is 12.1 Å². The highest BCUT2D eigenvalue weighted by Crippen LogP contribution is 2.31. The summed E-state index contributed by atoms with van der Waals surface area (Å²) in [6, 6.07) is 10.1. The summed E-state index contributed by atoms with van der Waals surface area (Å²) in [4.78, 5) is 0. The second-order valence-corrected chi connectivity index (χ2v) is 4.33. The van der Waals surface area contributed by atoms with Crippen LogP contribution in [-0.2, 0) is 0 Å². The standard InChI is InChI=1S/C13H9BrF2/c1-8-4-2-3-5-9(8)10-6-7-11(15)12(14)13(10)16/h2-7H,1H3. The van der Waals surface area contributed by atoms with Gasteiger partial charge in [0.1, 0.15) is 11.6 Å². The number of rotatable bonds is 1. The maximum atomic E-state index is 13.8. The topological polar surface area (TPSA) is 0 Å². The van der Waals surface area contributed by atoms with Crippen molar-refractivity contribution in [2.45, 2.75) is 6.92 Å². The van der Waals surface area contributed by atoms with E-state index in [2.05, 4.69) is 15.9 Å². The van der Waals surface area contributed by atoms with E-state index >= 15 is 0 Å². The Bertz CT molecular complexity index is 535. The minimum Gasteiger partial charge on any atom is -0.206 e. The number of hydrogen-bond donors (Lipinski definition) is 0. The third kappa shape index (κ3) is 1.87. The fourth-order valence-electron chi connectivity index (χ4n) is 1.61.